The molecule has 0 radical (unpaired) electrons. The lowest BCUT2D eigenvalue weighted by Crippen LogP contribution is -2.31. The van der Waals surface area contributed by atoms with Crippen LogP contribution in [0.25, 0.3) is 0 Å². The second-order valence-corrected chi connectivity index (χ2v) is 2.44. The highest BCUT2D eigenvalue weighted by Crippen LogP contribution is 1.85. The highest BCUT2D eigenvalue weighted by Gasteiger charge is 2.02. The van der Waals surface area contributed by atoms with E-state index >= 15 is 0 Å². The Labute approximate surface area is 69.5 Å². The van der Waals surface area contributed by atoms with Crippen LogP contribution < -0.4 is 11.4 Å². The first-order valence-electron chi connectivity index (χ1n) is 3.63. The van der Waals surface area contributed by atoms with E-state index in [-0.39, 0.29) is 18.8 Å². The molecule has 0 aromatic carbocycles. The Bertz CT molecular complexity index is 297. The lowest BCUT2D eigenvalue weighted by atomic mass is 10.3. The van der Waals surface area contributed by atoms with Crippen molar-refractivity contribution < 1.29 is 5.11 Å². The fraction of sp³-hybridized carbons (Fsp3) is 0.429. The molecule has 5 heteroatoms. The molecule has 0 spiro atoms. The molecule has 0 aliphatic heterocycles. The Kier molecular flexibility index (Phi) is 2.95. The fourth-order valence-corrected chi connectivity index (χ4v) is 0.828. The molecule has 0 aliphatic carbocycles. The average Bonchev–Trinajstić information content (AvgIpc) is 2.09. The first-order chi connectivity index (χ1) is 5.74. The van der Waals surface area contributed by atoms with Crippen molar-refractivity contribution in [2.45, 2.75) is 12.6 Å². The van der Waals surface area contributed by atoms with Gasteiger partial charge in [-0.05, 0) is 6.07 Å². The summed E-state index contributed by atoms with van der Waals surface area (Å²) in [6, 6.07) is 1.63. The maximum atomic E-state index is 11.0. The van der Waals surface area contributed by atoms with Gasteiger partial charge >= 0.3 is 5.69 Å². The first-order valence-corrected chi connectivity index (χ1v) is 3.63. The predicted molar refractivity (Wildman–Crippen MR) is 43.6 cm³/mol. The molecule has 1 rings (SSSR count). The minimum Gasteiger partial charge on any atom is -0.390 e. The minimum atomic E-state index is -0.688. The molecule has 5 nitrogen and oxygen atoms in total. The molecule has 66 valence electrons. The van der Waals surface area contributed by atoms with Crippen LogP contribution in [0.1, 0.15) is 0 Å². The summed E-state index contributed by atoms with van der Waals surface area (Å²) >= 11 is 0. The van der Waals surface area contributed by atoms with Gasteiger partial charge in [-0.3, -0.25) is 4.57 Å². The summed E-state index contributed by atoms with van der Waals surface area (Å²) in [5.41, 5.74) is 4.81. The van der Waals surface area contributed by atoms with Gasteiger partial charge in [0.05, 0.1) is 12.6 Å². The number of nitrogens with zero attached hydrogens (tertiary/aromatic N) is 2. The van der Waals surface area contributed by atoms with Crippen LogP contribution in [0.4, 0.5) is 0 Å². The molecule has 3 N–H and O–H groups in total. The van der Waals surface area contributed by atoms with Gasteiger partial charge in [-0.2, -0.15) is 0 Å². The molecule has 1 aromatic heterocycles. The Morgan fingerprint density at radius 3 is 3.08 bits per heavy atom. The van der Waals surface area contributed by atoms with Gasteiger partial charge in [0.2, 0.25) is 0 Å². The standard InChI is InChI=1S/C7H11N3O2/c8-4-6(11)5-10-3-1-2-9-7(10)12/h1-3,6,11H,4-5,8H2. The van der Waals surface area contributed by atoms with E-state index in [1.165, 1.54) is 10.8 Å². The molecule has 0 fully saturated rings. The summed E-state index contributed by atoms with van der Waals surface area (Å²) < 4.78 is 1.32. The second-order valence-electron chi connectivity index (χ2n) is 2.44. The molecule has 1 unspecified atom stereocenters. The second kappa shape index (κ2) is 3.99. The number of nitrogens with two attached hydrogens (primary N) is 1. The van der Waals surface area contributed by atoms with Gasteiger partial charge in [-0.25, -0.2) is 9.78 Å². The van der Waals surface area contributed by atoms with Gasteiger partial charge in [-0.15, -0.1) is 0 Å². The van der Waals surface area contributed by atoms with Crippen LogP contribution in [0, 0.1) is 0 Å². The smallest absolute Gasteiger partial charge is 0.347 e. The lowest BCUT2D eigenvalue weighted by Gasteiger charge is -2.08. The summed E-state index contributed by atoms with van der Waals surface area (Å²) in [7, 11) is 0. The Balaban J connectivity index is 2.76. The van der Waals surface area contributed by atoms with Gasteiger partial charge in [0, 0.05) is 18.9 Å². The van der Waals surface area contributed by atoms with Gasteiger partial charge in [0.15, 0.2) is 0 Å². The Morgan fingerprint density at radius 2 is 2.50 bits per heavy atom. The summed E-state index contributed by atoms with van der Waals surface area (Å²) in [6.07, 6.45) is 2.29. The molecule has 12 heavy (non-hydrogen) atoms. The molecule has 0 aliphatic rings. The van der Waals surface area contributed by atoms with E-state index in [0.717, 1.165) is 0 Å². The summed E-state index contributed by atoms with van der Waals surface area (Å²) in [4.78, 5) is 14.5. The Hall–Kier alpha value is -1.20. The lowest BCUT2D eigenvalue weighted by molar-refractivity contribution is 0.160. The van der Waals surface area contributed by atoms with Crippen LogP contribution in [-0.4, -0.2) is 27.3 Å². The summed E-state index contributed by atoms with van der Waals surface area (Å²) in [5.74, 6) is 0. The van der Waals surface area contributed by atoms with Crippen LogP contribution in [-0.2, 0) is 6.54 Å². The predicted octanol–water partition coefficient (Wildman–Crippen LogP) is -1.44. The summed E-state index contributed by atoms with van der Waals surface area (Å²) in [5, 5.41) is 9.12. The molecule has 0 amide bonds. The van der Waals surface area contributed by atoms with Gasteiger partial charge in [-0.1, -0.05) is 0 Å². The van der Waals surface area contributed by atoms with Gasteiger partial charge < -0.3 is 10.8 Å². The number of aliphatic hydroxyl groups is 1. The third kappa shape index (κ3) is 2.14. The third-order valence-corrected chi connectivity index (χ3v) is 1.46. The largest absolute Gasteiger partial charge is 0.390 e. The van der Waals surface area contributed by atoms with E-state index in [0.29, 0.717) is 0 Å². The number of aromatic nitrogens is 2. The fourth-order valence-electron chi connectivity index (χ4n) is 0.828. The third-order valence-electron chi connectivity index (χ3n) is 1.46. The molecule has 0 saturated heterocycles. The van der Waals surface area contributed by atoms with Gasteiger partial charge in [0.25, 0.3) is 0 Å². The van der Waals surface area contributed by atoms with Gasteiger partial charge in [0.1, 0.15) is 0 Å². The SMILES string of the molecule is NCC(O)Cn1cccnc1=O. The molecular weight excluding hydrogens is 158 g/mol. The Morgan fingerprint density at radius 1 is 1.75 bits per heavy atom. The van der Waals surface area contributed by atoms with Crippen LogP contribution in [0.15, 0.2) is 23.3 Å². The van der Waals surface area contributed by atoms with Crippen molar-refractivity contribution in [3.05, 3.63) is 28.9 Å². The van der Waals surface area contributed by atoms with E-state index in [4.69, 9.17) is 10.8 Å². The number of aliphatic hydroxyl groups excluding tert-OH is 1. The molecule has 1 heterocycles. The minimum absolute atomic E-state index is 0.140. The maximum Gasteiger partial charge on any atom is 0.347 e. The maximum absolute atomic E-state index is 11.0. The number of rotatable bonds is 3. The highest BCUT2D eigenvalue weighted by atomic mass is 16.3. The number of hydrogen-bond acceptors (Lipinski definition) is 4. The highest BCUT2D eigenvalue weighted by molar-refractivity contribution is 4.81. The normalized spacial score (nSPS) is 12.8. The zero-order chi connectivity index (χ0) is 8.97. The van der Waals surface area contributed by atoms with E-state index in [2.05, 4.69) is 4.98 Å². The molecular formula is C7H11N3O2. The molecule has 1 atom stereocenters. The van der Waals surface area contributed by atoms with Crippen LogP contribution in [0.3, 0.4) is 0 Å². The zero-order valence-corrected chi connectivity index (χ0v) is 6.55. The van der Waals surface area contributed by atoms with Crippen molar-refractivity contribution in [2.75, 3.05) is 6.54 Å². The quantitative estimate of drug-likeness (QED) is 0.581. The molecule has 0 bridgehead atoms. The molecule has 1 aromatic rings. The molecule has 0 saturated carbocycles. The van der Waals surface area contributed by atoms with E-state index in [9.17, 15) is 4.79 Å². The van der Waals surface area contributed by atoms with Crippen LogP contribution >= 0.6 is 0 Å². The topological polar surface area (TPSA) is 81.1 Å². The van der Waals surface area contributed by atoms with Crippen LogP contribution in [0.5, 0.6) is 0 Å². The van der Waals surface area contributed by atoms with Crippen molar-refractivity contribution in [2.24, 2.45) is 5.73 Å². The monoisotopic (exact) mass is 169 g/mol. The number of hydrogen-bond donors (Lipinski definition) is 2. The van der Waals surface area contributed by atoms with Crippen molar-refractivity contribution in [1.82, 2.24) is 9.55 Å². The van der Waals surface area contributed by atoms with E-state index < -0.39 is 6.10 Å². The van der Waals surface area contributed by atoms with Crippen molar-refractivity contribution >= 4 is 0 Å². The summed E-state index contributed by atoms with van der Waals surface area (Å²) in [6.45, 7) is 0.338. The van der Waals surface area contributed by atoms with E-state index in [1.807, 2.05) is 0 Å². The van der Waals surface area contributed by atoms with Crippen molar-refractivity contribution in [3.8, 4) is 0 Å². The van der Waals surface area contributed by atoms with Crippen molar-refractivity contribution in [3.63, 3.8) is 0 Å². The van der Waals surface area contributed by atoms with Crippen molar-refractivity contribution in [1.29, 1.82) is 0 Å². The first kappa shape index (κ1) is 8.89. The van der Waals surface area contributed by atoms with E-state index in [1.54, 1.807) is 12.3 Å². The van der Waals surface area contributed by atoms with Crippen LogP contribution in [0.2, 0.25) is 0 Å². The zero-order valence-electron chi connectivity index (χ0n) is 6.55. The average molecular weight is 169 g/mol.